The van der Waals surface area contributed by atoms with Gasteiger partial charge >= 0.3 is 0 Å². The van der Waals surface area contributed by atoms with E-state index in [4.69, 9.17) is 16.9 Å². The van der Waals surface area contributed by atoms with Crippen LogP contribution in [0, 0.1) is 5.41 Å². The number of hydrogen-bond acceptors (Lipinski definition) is 8. The average Bonchev–Trinajstić information content (AvgIpc) is 2.98. The molecule has 0 bridgehead atoms. The van der Waals surface area contributed by atoms with Gasteiger partial charge < -0.3 is 27.4 Å². The molecule has 8 N–H and O–H groups in total. The highest BCUT2D eigenvalue weighted by Gasteiger charge is 2.17. The topological polar surface area (TPSA) is 194 Å². The minimum absolute atomic E-state index is 0.0405. The molecular formula is C32H37N9O3. The van der Waals surface area contributed by atoms with E-state index in [9.17, 15) is 14.4 Å². The van der Waals surface area contributed by atoms with Gasteiger partial charge in [0.2, 0.25) is 11.8 Å². The van der Waals surface area contributed by atoms with Crippen LogP contribution in [0.5, 0.6) is 0 Å². The van der Waals surface area contributed by atoms with Gasteiger partial charge in [-0.25, -0.2) is 4.98 Å². The Balaban J connectivity index is 1.53. The van der Waals surface area contributed by atoms with Crippen LogP contribution in [0.25, 0.3) is 11.3 Å². The maximum absolute atomic E-state index is 13.5. The van der Waals surface area contributed by atoms with Gasteiger partial charge in [-0.3, -0.25) is 29.3 Å². The number of nitrogen functional groups attached to an aromatic ring is 2. The molecule has 0 aliphatic heterocycles. The maximum Gasteiger partial charge on any atom is 0.294 e. The molecule has 0 aliphatic carbocycles. The molecule has 2 aromatic heterocycles. The van der Waals surface area contributed by atoms with Crippen molar-refractivity contribution < 1.29 is 9.59 Å². The standard InChI is InChI=1S/C32H37N9O3/c1-20(2)39-31-32(44)41(19-29(43)37-17-22-6-8-23(9-7-22)30(34)35)27(18-38-31)24-14-25(33)16-26(15-24)40-28(42)5-3-4-21-10-12-36-13-11-21/h6-16,18,20H,3-5,17,19,33H2,1-2H3,(H3,34,35)(H,37,43)(H,38,39)(H,40,42). The van der Waals surface area contributed by atoms with Crippen molar-refractivity contribution in [1.29, 1.82) is 5.41 Å². The molecule has 2 amide bonds. The van der Waals surface area contributed by atoms with Crippen molar-refractivity contribution >= 4 is 34.8 Å². The quantitative estimate of drug-likeness (QED) is 0.0770. The number of aryl methyl sites for hydroxylation is 1. The molecule has 0 saturated carbocycles. The Morgan fingerprint density at radius 1 is 1.00 bits per heavy atom. The number of amides is 2. The number of rotatable bonds is 13. The number of carbonyl (C=O) groups is 2. The number of hydrogen-bond donors (Lipinski definition) is 6. The van der Waals surface area contributed by atoms with Crippen molar-refractivity contribution in [3.05, 3.63) is 100 Å². The van der Waals surface area contributed by atoms with Crippen molar-refractivity contribution in [2.45, 2.75) is 52.2 Å². The molecule has 44 heavy (non-hydrogen) atoms. The van der Waals surface area contributed by atoms with Gasteiger partial charge in [0.25, 0.3) is 5.56 Å². The lowest BCUT2D eigenvalue weighted by Crippen LogP contribution is -2.35. The van der Waals surface area contributed by atoms with Crippen molar-refractivity contribution in [3.8, 4) is 11.3 Å². The second-order valence-corrected chi connectivity index (χ2v) is 10.7. The molecule has 12 heteroatoms. The van der Waals surface area contributed by atoms with E-state index in [1.807, 2.05) is 26.0 Å². The molecule has 4 aromatic rings. The maximum atomic E-state index is 13.5. The van der Waals surface area contributed by atoms with Gasteiger partial charge in [0.05, 0.1) is 11.9 Å². The fourth-order valence-electron chi connectivity index (χ4n) is 4.55. The molecule has 228 valence electrons. The molecule has 0 spiro atoms. The Bertz CT molecular complexity index is 1680. The Kier molecular flexibility index (Phi) is 10.4. The monoisotopic (exact) mass is 595 g/mol. The molecule has 2 heterocycles. The summed E-state index contributed by atoms with van der Waals surface area (Å²) in [4.78, 5) is 47.6. The van der Waals surface area contributed by atoms with Crippen molar-refractivity contribution in [2.24, 2.45) is 5.73 Å². The van der Waals surface area contributed by atoms with E-state index in [-0.39, 0.29) is 36.7 Å². The summed E-state index contributed by atoms with van der Waals surface area (Å²) in [7, 11) is 0. The number of anilines is 3. The Labute approximate surface area is 255 Å². The lowest BCUT2D eigenvalue weighted by molar-refractivity contribution is -0.122. The van der Waals surface area contributed by atoms with Crippen molar-refractivity contribution in [2.75, 3.05) is 16.4 Å². The molecule has 0 saturated heterocycles. The summed E-state index contributed by atoms with van der Waals surface area (Å²) in [6, 6.07) is 15.7. The second-order valence-electron chi connectivity index (χ2n) is 10.7. The van der Waals surface area contributed by atoms with E-state index in [0.29, 0.717) is 41.0 Å². The van der Waals surface area contributed by atoms with Crippen molar-refractivity contribution in [1.82, 2.24) is 19.9 Å². The number of pyridine rings is 1. The van der Waals surface area contributed by atoms with Crippen LogP contribution in [-0.4, -0.2) is 38.2 Å². The number of nitrogens with two attached hydrogens (primary N) is 2. The molecule has 0 fully saturated rings. The van der Waals surface area contributed by atoms with Gasteiger partial charge in [-0.15, -0.1) is 0 Å². The highest BCUT2D eigenvalue weighted by atomic mass is 16.2. The number of nitrogens with zero attached hydrogens (tertiary/aromatic N) is 3. The highest BCUT2D eigenvalue weighted by molar-refractivity contribution is 5.95. The minimum Gasteiger partial charge on any atom is -0.399 e. The molecule has 4 rings (SSSR count). The van der Waals surface area contributed by atoms with Crippen LogP contribution in [0.3, 0.4) is 0 Å². The first-order chi connectivity index (χ1) is 21.1. The summed E-state index contributed by atoms with van der Waals surface area (Å²) in [5.41, 5.74) is 15.5. The van der Waals surface area contributed by atoms with Crippen LogP contribution in [0.1, 0.15) is 43.4 Å². The number of carbonyl (C=O) groups excluding carboxylic acids is 2. The molecule has 0 aliphatic rings. The van der Waals surface area contributed by atoms with Crippen LogP contribution in [0.4, 0.5) is 17.2 Å². The Morgan fingerprint density at radius 2 is 1.73 bits per heavy atom. The van der Waals surface area contributed by atoms with Crippen LogP contribution >= 0.6 is 0 Å². The Hall–Kier alpha value is -5.52. The predicted octanol–water partition coefficient (Wildman–Crippen LogP) is 3.27. The summed E-state index contributed by atoms with van der Waals surface area (Å²) in [6.07, 6.45) is 6.68. The first kappa shape index (κ1) is 31.4. The summed E-state index contributed by atoms with van der Waals surface area (Å²) < 4.78 is 1.33. The Morgan fingerprint density at radius 3 is 2.41 bits per heavy atom. The predicted molar refractivity (Wildman–Crippen MR) is 172 cm³/mol. The smallest absolute Gasteiger partial charge is 0.294 e. The summed E-state index contributed by atoms with van der Waals surface area (Å²) in [6.45, 7) is 3.71. The number of aromatic nitrogens is 3. The van der Waals surface area contributed by atoms with Crippen LogP contribution in [0.15, 0.2) is 78.0 Å². The van der Waals surface area contributed by atoms with Crippen molar-refractivity contribution in [3.63, 3.8) is 0 Å². The zero-order chi connectivity index (χ0) is 31.6. The van der Waals surface area contributed by atoms with E-state index in [1.54, 1.807) is 54.9 Å². The van der Waals surface area contributed by atoms with Gasteiger partial charge in [0.15, 0.2) is 5.82 Å². The summed E-state index contributed by atoms with van der Waals surface area (Å²) >= 11 is 0. The molecule has 0 unspecified atom stereocenters. The van der Waals surface area contributed by atoms with E-state index in [0.717, 1.165) is 17.5 Å². The van der Waals surface area contributed by atoms with Gasteiger partial charge in [0.1, 0.15) is 12.4 Å². The fraction of sp³-hybridized carbons (Fsp3) is 0.250. The lowest BCUT2D eigenvalue weighted by Gasteiger charge is -2.17. The van der Waals surface area contributed by atoms with Gasteiger partial charge in [0, 0.05) is 53.9 Å². The average molecular weight is 596 g/mol. The zero-order valence-corrected chi connectivity index (χ0v) is 24.8. The van der Waals surface area contributed by atoms with Gasteiger partial charge in [-0.1, -0.05) is 24.3 Å². The first-order valence-electron chi connectivity index (χ1n) is 14.2. The van der Waals surface area contributed by atoms with E-state index in [2.05, 4.69) is 25.9 Å². The van der Waals surface area contributed by atoms with E-state index >= 15 is 0 Å². The lowest BCUT2D eigenvalue weighted by atomic mass is 10.1. The SMILES string of the molecule is CC(C)Nc1ncc(-c2cc(N)cc(NC(=O)CCCc3ccncc3)c2)n(CC(=O)NCc2ccc(C(=N)N)cc2)c1=O. The highest BCUT2D eigenvalue weighted by Crippen LogP contribution is 2.26. The normalized spacial score (nSPS) is 10.8. The van der Waals surface area contributed by atoms with E-state index < -0.39 is 11.5 Å². The summed E-state index contributed by atoms with van der Waals surface area (Å²) in [5, 5.41) is 16.3. The minimum atomic E-state index is -0.471. The third-order valence-electron chi connectivity index (χ3n) is 6.69. The fourth-order valence-corrected chi connectivity index (χ4v) is 4.55. The third-order valence-corrected chi connectivity index (χ3v) is 6.69. The van der Waals surface area contributed by atoms with Crippen LogP contribution in [0.2, 0.25) is 0 Å². The molecule has 2 aromatic carbocycles. The first-order valence-corrected chi connectivity index (χ1v) is 14.2. The second kappa shape index (κ2) is 14.6. The number of amidine groups is 1. The number of nitrogens with one attached hydrogen (secondary N) is 4. The molecule has 0 radical (unpaired) electrons. The van der Waals surface area contributed by atoms with Gasteiger partial charge in [-0.2, -0.15) is 0 Å². The zero-order valence-electron chi connectivity index (χ0n) is 24.8. The van der Waals surface area contributed by atoms with Gasteiger partial charge in [-0.05, 0) is 68.1 Å². The summed E-state index contributed by atoms with van der Waals surface area (Å²) in [5.74, 6) is -0.486. The third kappa shape index (κ3) is 8.74. The molecule has 12 nitrogen and oxygen atoms in total. The molecule has 0 atom stereocenters. The van der Waals surface area contributed by atoms with Crippen LogP contribution in [-0.2, 0) is 29.1 Å². The number of benzene rings is 2. The molecular weight excluding hydrogens is 558 g/mol. The van der Waals surface area contributed by atoms with E-state index in [1.165, 1.54) is 10.8 Å². The largest absolute Gasteiger partial charge is 0.399 e. The van der Waals surface area contributed by atoms with Crippen LogP contribution < -0.4 is 33.0 Å².